The quantitative estimate of drug-likeness (QED) is 0.550. The molecule has 0 spiro atoms. The molecule has 0 fully saturated rings. The lowest BCUT2D eigenvalue weighted by atomic mass is 10.4. The van der Waals surface area contributed by atoms with Crippen molar-refractivity contribution in [3.8, 4) is 0 Å². The number of methoxy groups -OCH3 is 1. The summed E-state index contributed by atoms with van der Waals surface area (Å²) in [4.78, 5) is 13.2. The largest absolute Gasteiger partial charge is 0.465 e. The summed E-state index contributed by atoms with van der Waals surface area (Å²) in [5.74, 6) is -0.156. The van der Waals surface area contributed by atoms with E-state index in [0.29, 0.717) is 19.8 Å². The smallest absolute Gasteiger partial charge is 0.320 e. The van der Waals surface area contributed by atoms with E-state index in [0.717, 1.165) is 19.5 Å². The molecule has 0 aliphatic heterocycles. The third-order valence-corrected chi connectivity index (χ3v) is 1.81. The zero-order chi connectivity index (χ0) is 10.8. The van der Waals surface area contributed by atoms with Crippen LogP contribution in [-0.4, -0.2) is 50.8 Å². The second-order valence-electron chi connectivity index (χ2n) is 3.07. The van der Waals surface area contributed by atoms with Gasteiger partial charge in [-0.2, -0.15) is 0 Å². The summed E-state index contributed by atoms with van der Waals surface area (Å²) < 4.78 is 9.84. The molecule has 0 aromatic carbocycles. The van der Waals surface area contributed by atoms with Gasteiger partial charge in [0.25, 0.3) is 0 Å². The molecular weight excluding hydrogens is 182 g/mol. The molecule has 0 aliphatic rings. The Hall–Kier alpha value is -0.610. The molecule has 0 aromatic heterocycles. The molecule has 0 unspecified atom stereocenters. The van der Waals surface area contributed by atoms with Gasteiger partial charge in [0.15, 0.2) is 0 Å². The number of nitrogens with zero attached hydrogens (tertiary/aromatic N) is 1. The van der Waals surface area contributed by atoms with E-state index in [1.54, 1.807) is 7.11 Å². The Morgan fingerprint density at radius 1 is 1.29 bits per heavy atom. The Morgan fingerprint density at radius 3 is 2.50 bits per heavy atom. The van der Waals surface area contributed by atoms with Crippen LogP contribution in [0, 0.1) is 0 Å². The van der Waals surface area contributed by atoms with Gasteiger partial charge >= 0.3 is 5.97 Å². The Morgan fingerprint density at radius 2 is 2.00 bits per heavy atom. The van der Waals surface area contributed by atoms with Crippen molar-refractivity contribution in [2.24, 2.45) is 0 Å². The zero-order valence-electron chi connectivity index (χ0n) is 9.41. The molecule has 0 heterocycles. The first-order chi connectivity index (χ1) is 6.74. The van der Waals surface area contributed by atoms with Gasteiger partial charge in [-0.25, -0.2) is 0 Å². The lowest BCUT2D eigenvalue weighted by molar-refractivity contribution is -0.144. The van der Waals surface area contributed by atoms with Crippen LogP contribution in [0.5, 0.6) is 0 Å². The van der Waals surface area contributed by atoms with E-state index in [9.17, 15) is 4.79 Å². The molecular formula is C10H21NO3. The van der Waals surface area contributed by atoms with E-state index < -0.39 is 0 Å². The molecule has 0 aromatic rings. The Kier molecular flexibility index (Phi) is 8.57. The van der Waals surface area contributed by atoms with E-state index in [1.807, 2.05) is 11.8 Å². The number of esters is 1. The number of carbonyl (C=O) groups excluding carboxylic acids is 1. The van der Waals surface area contributed by atoms with Crippen LogP contribution >= 0.6 is 0 Å². The van der Waals surface area contributed by atoms with Gasteiger partial charge in [-0.3, -0.25) is 9.69 Å². The number of hydrogen-bond donors (Lipinski definition) is 0. The van der Waals surface area contributed by atoms with E-state index >= 15 is 0 Å². The maximum atomic E-state index is 11.2. The van der Waals surface area contributed by atoms with Crippen LogP contribution in [-0.2, 0) is 14.3 Å². The topological polar surface area (TPSA) is 38.8 Å². The third kappa shape index (κ3) is 6.86. The molecule has 0 radical (unpaired) electrons. The molecule has 0 amide bonds. The summed E-state index contributed by atoms with van der Waals surface area (Å²) in [6.07, 6.45) is 1.03. The first kappa shape index (κ1) is 13.4. The molecule has 0 atom stereocenters. The van der Waals surface area contributed by atoms with Crippen LogP contribution < -0.4 is 0 Å². The van der Waals surface area contributed by atoms with Gasteiger partial charge in [-0.15, -0.1) is 0 Å². The minimum atomic E-state index is -0.156. The van der Waals surface area contributed by atoms with Gasteiger partial charge < -0.3 is 9.47 Å². The monoisotopic (exact) mass is 203 g/mol. The van der Waals surface area contributed by atoms with Crippen LogP contribution in [0.4, 0.5) is 0 Å². The Balaban J connectivity index is 3.75. The maximum absolute atomic E-state index is 11.2. The fourth-order valence-electron chi connectivity index (χ4n) is 1.20. The SMILES string of the molecule is CCCN(CCOC)CC(=O)OCC. The Labute approximate surface area is 86.2 Å². The highest BCUT2D eigenvalue weighted by Crippen LogP contribution is 1.93. The highest BCUT2D eigenvalue weighted by Gasteiger charge is 2.09. The van der Waals surface area contributed by atoms with Crippen molar-refractivity contribution in [2.45, 2.75) is 20.3 Å². The third-order valence-electron chi connectivity index (χ3n) is 1.81. The molecule has 0 bridgehead atoms. The summed E-state index contributed by atoms with van der Waals surface area (Å²) in [6, 6.07) is 0. The minimum absolute atomic E-state index is 0.156. The second kappa shape index (κ2) is 8.97. The van der Waals surface area contributed by atoms with Gasteiger partial charge in [-0.1, -0.05) is 6.92 Å². The number of rotatable bonds is 8. The lowest BCUT2D eigenvalue weighted by Gasteiger charge is -2.19. The lowest BCUT2D eigenvalue weighted by Crippen LogP contribution is -2.34. The van der Waals surface area contributed by atoms with Gasteiger partial charge in [0.05, 0.1) is 19.8 Å². The minimum Gasteiger partial charge on any atom is -0.465 e. The summed E-state index contributed by atoms with van der Waals surface area (Å²) in [7, 11) is 1.66. The van der Waals surface area contributed by atoms with Crippen molar-refractivity contribution in [1.29, 1.82) is 0 Å². The standard InChI is InChI=1S/C10H21NO3/c1-4-6-11(7-8-13-3)9-10(12)14-5-2/h4-9H2,1-3H3. The summed E-state index contributed by atoms with van der Waals surface area (Å²) in [6.45, 7) is 7.06. The van der Waals surface area contributed by atoms with E-state index in [4.69, 9.17) is 9.47 Å². The molecule has 4 nitrogen and oxygen atoms in total. The molecule has 84 valence electrons. The summed E-state index contributed by atoms with van der Waals surface area (Å²) in [5, 5.41) is 0. The highest BCUT2D eigenvalue weighted by molar-refractivity contribution is 5.71. The van der Waals surface area contributed by atoms with Gasteiger partial charge in [0.2, 0.25) is 0 Å². The average molecular weight is 203 g/mol. The highest BCUT2D eigenvalue weighted by atomic mass is 16.5. The molecule has 14 heavy (non-hydrogen) atoms. The molecule has 4 heteroatoms. The number of carbonyl (C=O) groups is 1. The fourth-order valence-corrected chi connectivity index (χ4v) is 1.20. The van der Waals surface area contributed by atoms with Crippen molar-refractivity contribution >= 4 is 5.97 Å². The number of hydrogen-bond acceptors (Lipinski definition) is 4. The summed E-state index contributed by atoms with van der Waals surface area (Å²) >= 11 is 0. The van der Waals surface area contributed by atoms with Crippen LogP contribution in [0.25, 0.3) is 0 Å². The van der Waals surface area contributed by atoms with E-state index in [2.05, 4.69) is 6.92 Å². The predicted octanol–water partition coefficient (Wildman–Crippen LogP) is 0.908. The van der Waals surface area contributed by atoms with Crippen molar-refractivity contribution in [2.75, 3.05) is 40.0 Å². The van der Waals surface area contributed by atoms with E-state index in [1.165, 1.54) is 0 Å². The van der Waals surface area contributed by atoms with Crippen molar-refractivity contribution < 1.29 is 14.3 Å². The van der Waals surface area contributed by atoms with Crippen molar-refractivity contribution in [3.05, 3.63) is 0 Å². The second-order valence-corrected chi connectivity index (χ2v) is 3.07. The van der Waals surface area contributed by atoms with Gasteiger partial charge in [-0.05, 0) is 19.9 Å². The van der Waals surface area contributed by atoms with Crippen LogP contribution in [0.15, 0.2) is 0 Å². The van der Waals surface area contributed by atoms with Gasteiger partial charge in [0, 0.05) is 13.7 Å². The van der Waals surface area contributed by atoms with Crippen LogP contribution in [0.3, 0.4) is 0 Å². The molecule has 0 saturated carbocycles. The molecule has 0 saturated heterocycles. The maximum Gasteiger partial charge on any atom is 0.320 e. The van der Waals surface area contributed by atoms with Crippen LogP contribution in [0.1, 0.15) is 20.3 Å². The van der Waals surface area contributed by atoms with Crippen molar-refractivity contribution in [1.82, 2.24) is 4.90 Å². The Bertz CT molecular complexity index is 150. The van der Waals surface area contributed by atoms with E-state index in [-0.39, 0.29) is 5.97 Å². The summed E-state index contributed by atoms with van der Waals surface area (Å²) in [5.41, 5.74) is 0. The predicted molar refractivity (Wildman–Crippen MR) is 55.2 cm³/mol. The van der Waals surface area contributed by atoms with Crippen LogP contribution in [0.2, 0.25) is 0 Å². The fraction of sp³-hybridized carbons (Fsp3) is 0.900. The molecule has 0 rings (SSSR count). The normalized spacial score (nSPS) is 10.6. The van der Waals surface area contributed by atoms with Crippen molar-refractivity contribution in [3.63, 3.8) is 0 Å². The molecule has 0 N–H and O–H groups in total. The first-order valence-electron chi connectivity index (χ1n) is 5.11. The first-order valence-corrected chi connectivity index (χ1v) is 5.11. The van der Waals surface area contributed by atoms with Gasteiger partial charge in [0.1, 0.15) is 0 Å². The average Bonchev–Trinajstić information content (AvgIpc) is 2.15. The number of ether oxygens (including phenoxy) is 2. The molecule has 0 aliphatic carbocycles. The zero-order valence-corrected chi connectivity index (χ0v) is 9.41.